The monoisotopic (exact) mass is 348 g/mol. The van der Waals surface area contributed by atoms with Crippen molar-refractivity contribution < 1.29 is 40.6 Å². The molecule has 0 atom stereocenters. The van der Waals surface area contributed by atoms with Crippen molar-refractivity contribution in [3.8, 4) is 5.75 Å². The van der Waals surface area contributed by atoms with Crippen LogP contribution in [-0.2, 0) is 16.0 Å². The fourth-order valence-electron chi connectivity index (χ4n) is 1.47. The number of hydrogen-bond donors (Lipinski definition) is 0. The summed E-state index contributed by atoms with van der Waals surface area (Å²) < 4.78 is 81.7. The fourth-order valence-corrected chi connectivity index (χ4v) is 2.14. The molecule has 3 nitrogen and oxygen atoms in total. The minimum Gasteiger partial charge on any atom is -0.469 e. The molecular formula is C12H10F6O3S. The quantitative estimate of drug-likeness (QED) is 0.451. The lowest BCUT2D eigenvalue weighted by atomic mass is 10.1. The van der Waals surface area contributed by atoms with E-state index < -0.39 is 40.2 Å². The number of esters is 1. The highest BCUT2D eigenvalue weighted by atomic mass is 32.2. The number of rotatable bonds is 5. The van der Waals surface area contributed by atoms with Gasteiger partial charge in [0.2, 0.25) is 0 Å². The first-order valence-electron chi connectivity index (χ1n) is 5.71. The molecule has 0 spiro atoms. The second-order valence-electron chi connectivity index (χ2n) is 3.95. The first-order chi connectivity index (χ1) is 10.00. The molecule has 0 aromatic heterocycles. The van der Waals surface area contributed by atoms with Crippen molar-refractivity contribution in [2.75, 3.05) is 7.11 Å². The molecule has 0 amide bonds. The predicted molar refractivity (Wildman–Crippen MR) is 65.4 cm³/mol. The largest absolute Gasteiger partial charge is 0.573 e. The van der Waals surface area contributed by atoms with Gasteiger partial charge >= 0.3 is 17.8 Å². The number of halogens is 6. The molecule has 1 rings (SSSR count). The van der Waals surface area contributed by atoms with Crippen LogP contribution < -0.4 is 4.74 Å². The summed E-state index contributed by atoms with van der Waals surface area (Å²) >= 11 is -0.719. The third kappa shape index (κ3) is 6.92. The van der Waals surface area contributed by atoms with Gasteiger partial charge in [0.05, 0.1) is 12.0 Å². The first kappa shape index (κ1) is 18.5. The smallest absolute Gasteiger partial charge is 0.469 e. The van der Waals surface area contributed by atoms with Crippen LogP contribution in [0.25, 0.3) is 0 Å². The fraction of sp³-hybridized carbons (Fsp3) is 0.417. The van der Waals surface area contributed by atoms with Gasteiger partial charge < -0.3 is 9.47 Å². The second kappa shape index (κ2) is 7.12. The Labute approximate surface area is 125 Å². The van der Waals surface area contributed by atoms with Gasteiger partial charge in [-0.1, -0.05) is 6.07 Å². The maximum absolute atomic E-state index is 12.4. The van der Waals surface area contributed by atoms with Crippen molar-refractivity contribution in [2.24, 2.45) is 0 Å². The molecule has 22 heavy (non-hydrogen) atoms. The van der Waals surface area contributed by atoms with Gasteiger partial charge in [-0.15, -0.1) is 13.2 Å². The zero-order valence-corrected chi connectivity index (χ0v) is 11.9. The molecule has 0 radical (unpaired) electrons. The van der Waals surface area contributed by atoms with Gasteiger partial charge in [-0.05, 0) is 35.9 Å². The third-order valence-corrected chi connectivity index (χ3v) is 3.08. The number of aryl methyl sites for hydroxylation is 1. The summed E-state index contributed by atoms with van der Waals surface area (Å²) in [4.78, 5) is 10.2. The summed E-state index contributed by atoms with van der Waals surface area (Å²) in [6.45, 7) is 0. The normalized spacial score (nSPS) is 12.1. The van der Waals surface area contributed by atoms with Gasteiger partial charge in [0.15, 0.2) is 0 Å². The van der Waals surface area contributed by atoms with Crippen molar-refractivity contribution in [3.63, 3.8) is 0 Å². The Morgan fingerprint density at radius 3 is 2.32 bits per heavy atom. The third-order valence-electron chi connectivity index (χ3n) is 2.30. The Morgan fingerprint density at radius 2 is 1.82 bits per heavy atom. The molecule has 1 aromatic rings. The lowest BCUT2D eigenvalue weighted by Crippen LogP contribution is -2.18. The zero-order chi connectivity index (χ0) is 17.0. The number of ether oxygens (including phenoxy) is 2. The Hall–Kier alpha value is -1.58. The average molecular weight is 348 g/mol. The van der Waals surface area contributed by atoms with Crippen LogP contribution in [0.15, 0.2) is 23.1 Å². The number of methoxy groups -OCH3 is 1. The summed E-state index contributed by atoms with van der Waals surface area (Å²) in [5.41, 5.74) is -4.52. The van der Waals surface area contributed by atoms with Crippen LogP contribution in [0.5, 0.6) is 5.75 Å². The maximum Gasteiger partial charge on any atom is 0.573 e. The van der Waals surface area contributed by atoms with E-state index in [2.05, 4.69) is 9.47 Å². The summed E-state index contributed by atoms with van der Waals surface area (Å²) in [5, 5.41) is 0. The van der Waals surface area contributed by atoms with E-state index in [1.807, 2.05) is 0 Å². The molecule has 10 heteroatoms. The van der Waals surface area contributed by atoms with E-state index in [1.165, 1.54) is 0 Å². The molecule has 0 N–H and O–H groups in total. The van der Waals surface area contributed by atoms with Crippen molar-refractivity contribution in [3.05, 3.63) is 23.8 Å². The Kier molecular flexibility index (Phi) is 5.98. The van der Waals surface area contributed by atoms with E-state index in [0.717, 1.165) is 25.3 Å². The second-order valence-corrected chi connectivity index (χ2v) is 5.06. The first-order valence-corrected chi connectivity index (χ1v) is 6.53. The van der Waals surface area contributed by atoms with Crippen molar-refractivity contribution in [1.29, 1.82) is 0 Å². The topological polar surface area (TPSA) is 35.5 Å². The number of hydrogen-bond acceptors (Lipinski definition) is 4. The van der Waals surface area contributed by atoms with Crippen LogP contribution in [0.1, 0.15) is 12.0 Å². The molecule has 0 saturated heterocycles. The Bertz CT molecular complexity index is 527. The molecule has 0 aliphatic heterocycles. The molecule has 0 aliphatic carbocycles. The minimum atomic E-state index is -5.10. The van der Waals surface area contributed by atoms with Gasteiger partial charge in [-0.2, -0.15) is 13.2 Å². The summed E-state index contributed by atoms with van der Waals surface area (Å²) in [6, 6.07) is 2.85. The number of thioether (sulfide) groups is 1. The molecule has 0 fully saturated rings. The van der Waals surface area contributed by atoms with E-state index in [-0.39, 0.29) is 18.4 Å². The zero-order valence-electron chi connectivity index (χ0n) is 11.0. The highest BCUT2D eigenvalue weighted by molar-refractivity contribution is 8.00. The molecule has 0 saturated carbocycles. The summed E-state index contributed by atoms with van der Waals surface area (Å²) in [5.74, 6) is -1.53. The predicted octanol–water partition coefficient (Wildman–Crippen LogP) is 4.30. The number of carbonyl (C=O) groups excluding carboxylic acids is 1. The maximum atomic E-state index is 12.4. The summed E-state index contributed by atoms with van der Waals surface area (Å²) in [7, 11) is 1.15. The van der Waals surface area contributed by atoms with E-state index in [9.17, 15) is 31.1 Å². The van der Waals surface area contributed by atoms with Crippen molar-refractivity contribution in [2.45, 2.75) is 29.6 Å². The van der Waals surface area contributed by atoms with E-state index in [4.69, 9.17) is 0 Å². The minimum absolute atomic E-state index is 0.0321. The molecule has 0 bridgehead atoms. The average Bonchev–Trinajstić information content (AvgIpc) is 2.35. The lowest BCUT2D eigenvalue weighted by Gasteiger charge is -2.15. The number of benzene rings is 1. The summed E-state index contributed by atoms with van der Waals surface area (Å²) in [6.07, 6.45) is -5.18. The van der Waals surface area contributed by atoms with E-state index in [1.54, 1.807) is 0 Å². The van der Waals surface area contributed by atoms with Gasteiger partial charge in [0, 0.05) is 6.42 Å². The molecule has 0 aliphatic rings. The Morgan fingerprint density at radius 1 is 1.18 bits per heavy atom. The van der Waals surface area contributed by atoms with Crippen molar-refractivity contribution >= 4 is 17.7 Å². The van der Waals surface area contributed by atoms with Crippen LogP contribution in [0, 0.1) is 0 Å². The highest BCUT2D eigenvalue weighted by Crippen LogP contribution is 2.43. The molecule has 1 aromatic carbocycles. The van der Waals surface area contributed by atoms with Gasteiger partial charge in [-0.3, -0.25) is 4.79 Å². The lowest BCUT2D eigenvalue weighted by molar-refractivity contribution is -0.275. The van der Waals surface area contributed by atoms with Crippen LogP contribution >= 0.6 is 11.8 Å². The van der Waals surface area contributed by atoms with Gasteiger partial charge in [0.1, 0.15) is 5.75 Å². The van der Waals surface area contributed by atoms with Crippen LogP contribution in [0.4, 0.5) is 26.3 Å². The van der Waals surface area contributed by atoms with E-state index in [0.29, 0.717) is 0 Å². The van der Waals surface area contributed by atoms with Gasteiger partial charge in [-0.25, -0.2) is 0 Å². The van der Waals surface area contributed by atoms with Gasteiger partial charge in [0.25, 0.3) is 0 Å². The molecule has 0 heterocycles. The standard InChI is InChI=1S/C12H10F6O3S/c1-20-10(19)5-3-7-2-4-8(21-11(13,14)15)9(6-7)22-12(16,17)18/h2,4,6H,3,5H2,1H3. The number of carbonyl (C=O) groups is 1. The molecule has 0 unspecified atom stereocenters. The molecular weight excluding hydrogens is 338 g/mol. The van der Waals surface area contributed by atoms with Crippen LogP contribution in [0.2, 0.25) is 0 Å². The van der Waals surface area contributed by atoms with Crippen LogP contribution in [0.3, 0.4) is 0 Å². The molecule has 124 valence electrons. The highest BCUT2D eigenvalue weighted by Gasteiger charge is 2.35. The Balaban J connectivity index is 3.00. The van der Waals surface area contributed by atoms with E-state index >= 15 is 0 Å². The number of alkyl halides is 6. The van der Waals surface area contributed by atoms with Crippen LogP contribution in [-0.4, -0.2) is 24.9 Å². The SMILES string of the molecule is COC(=O)CCc1ccc(OC(F)(F)F)c(SC(F)(F)F)c1. The van der Waals surface area contributed by atoms with Crippen molar-refractivity contribution in [1.82, 2.24) is 0 Å².